The van der Waals surface area contributed by atoms with E-state index in [2.05, 4.69) is 62.5 Å². The zero-order chi connectivity index (χ0) is 31.2. The van der Waals surface area contributed by atoms with Gasteiger partial charge in [-0.1, -0.05) is 140 Å². The maximum atomic E-state index is 6.55. The van der Waals surface area contributed by atoms with Crippen LogP contribution in [-0.4, -0.2) is 31.2 Å². The molecule has 0 saturated carbocycles. The second-order valence-corrected chi connectivity index (χ2v) is 13.4. The van der Waals surface area contributed by atoms with Crippen molar-refractivity contribution in [1.29, 1.82) is 0 Å². The minimum Gasteiger partial charge on any atom is -0.376 e. The number of unbranched alkanes of at least 4 members (excludes halogenated alkanes) is 18. The van der Waals surface area contributed by atoms with Gasteiger partial charge in [0.05, 0.1) is 13.2 Å². The maximum Gasteiger partial charge on any atom is 0.169 e. The number of hydrogen-bond acceptors (Lipinski definition) is 3. The fourth-order valence-corrected chi connectivity index (χ4v) is 6.44. The predicted molar refractivity (Wildman–Crippen MR) is 191 cm³/mol. The average molecular weight is 613 g/mol. The first kappa shape index (κ1) is 39.0. The van der Waals surface area contributed by atoms with E-state index in [1.165, 1.54) is 141 Å². The van der Waals surface area contributed by atoms with Crippen molar-refractivity contribution < 1.29 is 14.2 Å². The van der Waals surface area contributed by atoms with Crippen molar-refractivity contribution in [2.45, 2.75) is 199 Å². The molecule has 2 aliphatic heterocycles. The summed E-state index contributed by atoms with van der Waals surface area (Å²) in [5.74, 6) is -0.344. The Morgan fingerprint density at radius 2 is 0.773 bits per heavy atom. The van der Waals surface area contributed by atoms with Crippen LogP contribution >= 0.6 is 0 Å². The first-order valence-electron chi connectivity index (χ1n) is 19.3. The first-order chi connectivity index (χ1) is 21.8. The third-order valence-corrected chi connectivity index (χ3v) is 9.23. The maximum absolute atomic E-state index is 6.55. The van der Waals surface area contributed by atoms with Gasteiger partial charge in [0.15, 0.2) is 5.79 Å². The molecule has 0 amide bonds. The summed E-state index contributed by atoms with van der Waals surface area (Å²) in [6.45, 7) is 5.95. The lowest BCUT2D eigenvalue weighted by Crippen LogP contribution is -2.32. The molecule has 2 aliphatic rings. The van der Waals surface area contributed by atoms with Crippen LogP contribution in [0.2, 0.25) is 0 Å². The zero-order valence-corrected chi connectivity index (χ0v) is 29.3. The Hall–Kier alpha value is -1.16. The number of ether oxygens (including phenoxy) is 3. The van der Waals surface area contributed by atoms with Crippen LogP contribution < -0.4 is 0 Å². The van der Waals surface area contributed by atoms with E-state index in [-0.39, 0.29) is 18.0 Å². The predicted octanol–water partition coefficient (Wildman–Crippen LogP) is 12.9. The van der Waals surface area contributed by atoms with E-state index in [0.29, 0.717) is 13.2 Å². The molecule has 2 atom stereocenters. The molecule has 2 fully saturated rings. The molecule has 44 heavy (non-hydrogen) atoms. The standard InChI is InChI=1S/C41H72O3/c1-3-5-7-9-11-13-15-17-19-21-23-25-27-29-31-33-35-41(43-39-37-42-38-40(39)44-41)36-34-32-30-28-26-24-22-20-18-16-14-12-10-8-6-4-2/h11-14,17-20,39-40H,3-10,15-16,21-38H2,1-2H3/b13-11-,14-12-,19-17-,20-18-/t39-,40+. The summed E-state index contributed by atoms with van der Waals surface area (Å²) >= 11 is 0. The van der Waals surface area contributed by atoms with Crippen LogP contribution in [0.15, 0.2) is 48.6 Å². The molecule has 0 aromatic rings. The van der Waals surface area contributed by atoms with Crippen molar-refractivity contribution in [2.75, 3.05) is 13.2 Å². The Labute approximate surface area is 274 Å². The van der Waals surface area contributed by atoms with E-state index in [1.807, 2.05) is 0 Å². The quantitative estimate of drug-likeness (QED) is 0.0596. The lowest BCUT2D eigenvalue weighted by atomic mass is 9.98. The SMILES string of the molecule is CCCCC/C=C\C/C=C\CCCCCCCCC1(CCCCCCCC/C=C\C/C=C\CCCCC)O[C@H]2COC[C@H]2O1. The molecule has 3 nitrogen and oxygen atoms in total. The molecule has 0 unspecified atom stereocenters. The van der Waals surface area contributed by atoms with Crippen LogP contribution in [0.1, 0.15) is 181 Å². The molecule has 0 N–H and O–H groups in total. The summed E-state index contributed by atoms with van der Waals surface area (Å²) in [4.78, 5) is 0. The van der Waals surface area contributed by atoms with Crippen LogP contribution in [0.3, 0.4) is 0 Å². The molecular formula is C41H72O3. The number of rotatable bonds is 30. The molecule has 0 spiro atoms. The van der Waals surface area contributed by atoms with Crippen LogP contribution in [-0.2, 0) is 14.2 Å². The molecule has 0 bridgehead atoms. The average Bonchev–Trinajstić information content (AvgIpc) is 3.60. The van der Waals surface area contributed by atoms with Crippen LogP contribution in [0.5, 0.6) is 0 Å². The highest BCUT2D eigenvalue weighted by Gasteiger charge is 2.49. The van der Waals surface area contributed by atoms with Gasteiger partial charge in [0.25, 0.3) is 0 Å². The Balaban J connectivity index is 1.46. The van der Waals surface area contributed by atoms with E-state index in [9.17, 15) is 0 Å². The third kappa shape index (κ3) is 20.1. The van der Waals surface area contributed by atoms with E-state index in [1.54, 1.807) is 0 Å². The van der Waals surface area contributed by atoms with Crippen LogP contribution in [0, 0.1) is 0 Å². The van der Waals surface area contributed by atoms with Gasteiger partial charge in [0.1, 0.15) is 12.2 Å². The minimum absolute atomic E-state index is 0.157. The van der Waals surface area contributed by atoms with Gasteiger partial charge in [-0.25, -0.2) is 0 Å². The van der Waals surface area contributed by atoms with E-state index in [4.69, 9.17) is 14.2 Å². The molecule has 2 rings (SSSR count). The summed E-state index contributed by atoms with van der Waals surface area (Å²) < 4.78 is 18.7. The molecular weight excluding hydrogens is 540 g/mol. The smallest absolute Gasteiger partial charge is 0.169 e. The molecule has 2 saturated heterocycles. The highest BCUT2D eigenvalue weighted by molar-refractivity contribution is 4.94. The van der Waals surface area contributed by atoms with Gasteiger partial charge in [-0.2, -0.15) is 0 Å². The molecule has 0 aliphatic carbocycles. The first-order valence-corrected chi connectivity index (χ1v) is 19.3. The summed E-state index contributed by atoms with van der Waals surface area (Å²) in [6.07, 6.45) is 52.1. The Kier molecular flexibility index (Phi) is 24.9. The van der Waals surface area contributed by atoms with E-state index < -0.39 is 0 Å². The third-order valence-electron chi connectivity index (χ3n) is 9.23. The Bertz CT molecular complexity index is 689. The van der Waals surface area contributed by atoms with Gasteiger partial charge < -0.3 is 14.2 Å². The monoisotopic (exact) mass is 613 g/mol. The molecule has 3 heteroatoms. The highest BCUT2D eigenvalue weighted by atomic mass is 16.8. The van der Waals surface area contributed by atoms with Crippen molar-refractivity contribution in [1.82, 2.24) is 0 Å². The molecule has 0 aromatic heterocycles. The Morgan fingerprint density at radius 3 is 1.16 bits per heavy atom. The molecule has 2 heterocycles. The largest absolute Gasteiger partial charge is 0.376 e. The Morgan fingerprint density at radius 1 is 0.432 bits per heavy atom. The normalized spacial score (nSPS) is 20.0. The van der Waals surface area contributed by atoms with Gasteiger partial charge in [-0.15, -0.1) is 0 Å². The van der Waals surface area contributed by atoms with Gasteiger partial charge in [-0.05, 0) is 77.0 Å². The summed E-state index contributed by atoms with van der Waals surface area (Å²) in [5, 5.41) is 0. The van der Waals surface area contributed by atoms with Crippen molar-refractivity contribution in [3.8, 4) is 0 Å². The molecule has 254 valence electrons. The zero-order valence-electron chi connectivity index (χ0n) is 29.3. The van der Waals surface area contributed by atoms with Crippen molar-refractivity contribution in [3.05, 3.63) is 48.6 Å². The number of fused-ring (bicyclic) bond motifs is 1. The molecule has 0 aromatic carbocycles. The van der Waals surface area contributed by atoms with Gasteiger partial charge in [0, 0.05) is 12.8 Å². The second kappa shape index (κ2) is 28.1. The van der Waals surface area contributed by atoms with Gasteiger partial charge >= 0.3 is 0 Å². The van der Waals surface area contributed by atoms with Crippen LogP contribution in [0.25, 0.3) is 0 Å². The topological polar surface area (TPSA) is 27.7 Å². The van der Waals surface area contributed by atoms with Gasteiger partial charge in [-0.3, -0.25) is 0 Å². The van der Waals surface area contributed by atoms with Crippen molar-refractivity contribution >= 4 is 0 Å². The number of allylic oxidation sites excluding steroid dienone is 8. The summed E-state index contributed by atoms with van der Waals surface area (Å²) in [5.41, 5.74) is 0. The minimum atomic E-state index is -0.344. The van der Waals surface area contributed by atoms with E-state index in [0.717, 1.165) is 25.7 Å². The fourth-order valence-electron chi connectivity index (χ4n) is 6.44. The van der Waals surface area contributed by atoms with Crippen LogP contribution in [0.4, 0.5) is 0 Å². The second-order valence-electron chi connectivity index (χ2n) is 13.4. The van der Waals surface area contributed by atoms with Crippen molar-refractivity contribution in [3.63, 3.8) is 0 Å². The number of hydrogen-bond donors (Lipinski definition) is 0. The van der Waals surface area contributed by atoms with Gasteiger partial charge in [0.2, 0.25) is 0 Å². The lowest BCUT2D eigenvalue weighted by Gasteiger charge is -2.29. The highest BCUT2D eigenvalue weighted by Crippen LogP contribution is 2.40. The molecule has 0 radical (unpaired) electrons. The van der Waals surface area contributed by atoms with E-state index >= 15 is 0 Å². The summed E-state index contributed by atoms with van der Waals surface area (Å²) in [7, 11) is 0. The fraction of sp³-hybridized carbons (Fsp3) is 0.805. The lowest BCUT2D eigenvalue weighted by molar-refractivity contribution is -0.200. The summed E-state index contributed by atoms with van der Waals surface area (Å²) in [6, 6.07) is 0. The van der Waals surface area contributed by atoms with Crippen molar-refractivity contribution in [2.24, 2.45) is 0 Å².